The molecule has 0 atom stereocenters. The first-order valence-corrected chi connectivity index (χ1v) is 11.4. The number of carbonyl (C=O) groups is 2. The summed E-state index contributed by atoms with van der Waals surface area (Å²) in [5.74, 6) is -0.210. The highest BCUT2D eigenvalue weighted by Gasteiger charge is 2.24. The third kappa shape index (κ3) is 6.30. The number of para-hydroxylation sites is 1. The zero-order valence-electron chi connectivity index (χ0n) is 16.6. The number of piperidine rings is 1. The normalized spacial score (nSPS) is 14.9. The summed E-state index contributed by atoms with van der Waals surface area (Å²) < 4.78 is 26.7. The van der Waals surface area contributed by atoms with Crippen LogP contribution in [-0.4, -0.2) is 50.9 Å². The average Bonchev–Trinajstić information content (AvgIpc) is 2.75. The number of carbonyl (C=O) groups excluding carboxylic acids is 2. The minimum Gasteiger partial charge on any atom is -0.353 e. The third-order valence-corrected chi connectivity index (χ3v) is 6.35. The average molecular weight is 431 g/mol. The molecule has 0 unspecified atom stereocenters. The summed E-state index contributed by atoms with van der Waals surface area (Å²) in [4.78, 5) is 26.4. The van der Waals surface area contributed by atoms with Crippen molar-refractivity contribution < 1.29 is 18.0 Å². The summed E-state index contributed by atoms with van der Waals surface area (Å²) >= 11 is 0. The Kier molecular flexibility index (Phi) is 7.42. The van der Waals surface area contributed by atoms with E-state index >= 15 is 0 Å². The Labute approximate surface area is 176 Å². The van der Waals surface area contributed by atoms with Crippen molar-refractivity contribution in [2.75, 3.05) is 25.0 Å². The molecule has 1 saturated heterocycles. The number of amides is 3. The van der Waals surface area contributed by atoms with Gasteiger partial charge in [-0.05, 0) is 37.1 Å². The lowest BCUT2D eigenvalue weighted by molar-refractivity contribution is -0.121. The van der Waals surface area contributed by atoms with Crippen LogP contribution in [0.2, 0.25) is 0 Å². The fourth-order valence-electron chi connectivity index (χ4n) is 3.23. The van der Waals surface area contributed by atoms with Crippen molar-refractivity contribution in [2.24, 2.45) is 0 Å². The van der Waals surface area contributed by atoms with Crippen molar-refractivity contribution >= 4 is 27.6 Å². The quantitative estimate of drug-likeness (QED) is 0.626. The molecule has 1 aliphatic heterocycles. The molecule has 3 amide bonds. The van der Waals surface area contributed by atoms with Crippen LogP contribution in [0.3, 0.4) is 0 Å². The Balaban J connectivity index is 1.36. The van der Waals surface area contributed by atoms with E-state index in [0.717, 1.165) is 5.69 Å². The fourth-order valence-corrected chi connectivity index (χ4v) is 4.29. The number of hydrogen-bond acceptors (Lipinski definition) is 4. The zero-order chi connectivity index (χ0) is 21.4. The van der Waals surface area contributed by atoms with Crippen LogP contribution in [0.5, 0.6) is 0 Å². The van der Waals surface area contributed by atoms with Crippen LogP contribution >= 0.6 is 0 Å². The first kappa shape index (κ1) is 21.8. The van der Waals surface area contributed by atoms with Gasteiger partial charge in [0.15, 0.2) is 0 Å². The van der Waals surface area contributed by atoms with Gasteiger partial charge >= 0.3 is 6.03 Å². The van der Waals surface area contributed by atoms with Gasteiger partial charge in [0.2, 0.25) is 15.9 Å². The molecule has 1 aliphatic rings. The van der Waals surface area contributed by atoms with E-state index in [1.807, 2.05) is 30.3 Å². The fraction of sp³-hybridized carbons (Fsp3) is 0.333. The van der Waals surface area contributed by atoms with Crippen LogP contribution < -0.4 is 15.4 Å². The molecule has 3 rings (SSSR count). The van der Waals surface area contributed by atoms with Crippen molar-refractivity contribution in [1.29, 1.82) is 0 Å². The predicted molar refractivity (Wildman–Crippen MR) is 114 cm³/mol. The zero-order valence-corrected chi connectivity index (χ0v) is 17.4. The number of nitrogens with zero attached hydrogens (tertiary/aromatic N) is 1. The standard InChI is InChI=1S/C21H26N4O4S/c26-20(11-14-22-30(28,29)19-9-5-2-6-10-19)23-18-12-15-25(16-13-18)21(27)24-17-7-3-1-4-8-17/h1-10,18,22H,11-16H2,(H,23,26)(H,24,27). The predicted octanol–water partition coefficient (Wildman–Crippen LogP) is 2.17. The topological polar surface area (TPSA) is 108 Å². The molecular weight excluding hydrogens is 404 g/mol. The summed E-state index contributed by atoms with van der Waals surface area (Å²) in [6.07, 6.45) is 1.37. The molecule has 0 aliphatic carbocycles. The van der Waals surface area contributed by atoms with E-state index < -0.39 is 10.0 Å². The first-order valence-electron chi connectivity index (χ1n) is 9.89. The number of rotatable bonds is 7. The van der Waals surface area contributed by atoms with E-state index in [4.69, 9.17) is 0 Å². The molecule has 0 spiro atoms. The van der Waals surface area contributed by atoms with Gasteiger partial charge < -0.3 is 15.5 Å². The Bertz CT molecular complexity index is 943. The maximum absolute atomic E-state index is 12.3. The van der Waals surface area contributed by atoms with Gasteiger partial charge in [-0.1, -0.05) is 36.4 Å². The third-order valence-electron chi connectivity index (χ3n) is 4.87. The van der Waals surface area contributed by atoms with Crippen LogP contribution in [0.1, 0.15) is 19.3 Å². The summed E-state index contributed by atoms with van der Waals surface area (Å²) in [5.41, 5.74) is 0.746. The van der Waals surface area contributed by atoms with Gasteiger partial charge in [-0.25, -0.2) is 17.9 Å². The minimum absolute atomic E-state index is 0.0241. The van der Waals surface area contributed by atoms with Gasteiger partial charge in [-0.3, -0.25) is 4.79 Å². The monoisotopic (exact) mass is 430 g/mol. The molecule has 2 aromatic carbocycles. The largest absolute Gasteiger partial charge is 0.353 e. The second kappa shape index (κ2) is 10.2. The Hall–Kier alpha value is -2.91. The van der Waals surface area contributed by atoms with Crippen molar-refractivity contribution in [3.63, 3.8) is 0 Å². The second-order valence-corrected chi connectivity index (χ2v) is 8.85. The SMILES string of the molecule is O=C(CCNS(=O)(=O)c1ccccc1)NC1CCN(C(=O)Nc2ccccc2)CC1. The highest BCUT2D eigenvalue weighted by molar-refractivity contribution is 7.89. The smallest absolute Gasteiger partial charge is 0.321 e. The van der Waals surface area contributed by atoms with E-state index in [1.54, 1.807) is 23.1 Å². The van der Waals surface area contributed by atoms with Crippen molar-refractivity contribution in [3.8, 4) is 0 Å². The molecule has 1 fully saturated rings. The molecule has 0 bridgehead atoms. The molecule has 2 aromatic rings. The molecule has 9 heteroatoms. The lowest BCUT2D eigenvalue weighted by atomic mass is 10.1. The van der Waals surface area contributed by atoms with Gasteiger partial charge in [-0.15, -0.1) is 0 Å². The number of anilines is 1. The van der Waals surface area contributed by atoms with Gasteiger partial charge in [0.1, 0.15) is 0 Å². The number of likely N-dealkylation sites (tertiary alicyclic amines) is 1. The molecule has 0 radical (unpaired) electrons. The second-order valence-electron chi connectivity index (χ2n) is 7.09. The molecule has 0 aromatic heterocycles. The summed E-state index contributed by atoms with van der Waals surface area (Å²) in [6, 6.07) is 17.1. The van der Waals surface area contributed by atoms with E-state index in [1.165, 1.54) is 12.1 Å². The molecule has 160 valence electrons. The summed E-state index contributed by atoms with van der Waals surface area (Å²) in [6.45, 7) is 1.12. The Morgan fingerprint density at radius 3 is 2.17 bits per heavy atom. The lowest BCUT2D eigenvalue weighted by Crippen LogP contribution is -2.48. The number of nitrogens with one attached hydrogen (secondary N) is 3. The highest BCUT2D eigenvalue weighted by atomic mass is 32.2. The molecule has 8 nitrogen and oxygen atoms in total. The lowest BCUT2D eigenvalue weighted by Gasteiger charge is -2.32. The summed E-state index contributed by atoms with van der Waals surface area (Å²) in [7, 11) is -3.61. The molecule has 3 N–H and O–H groups in total. The van der Waals surface area contributed by atoms with Crippen molar-refractivity contribution in [3.05, 3.63) is 60.7 Å². The van der Waals surface area contributed by atoms with Crippen LogP contribution in [0.4, 0.5) is 10.5 Å². The number of urea groups is 1. The number of benzene rings is 2. The summed E-state index contributed by atoms with van der Waals surface area (Å²) in [5, 5.41) is 5.78. The van der Waals surface area contributed by atoms with Crippen LogP contribution in [-0.2, 0) is 14.8 Å². The molecule has 0 saturated carbocycles. The number of sulfonamides is 1. The van der Waals surface area contributed by atoms with Crippen LogP contribution in [0.25, 0.3) is 0 Å². The number of hydrogen-bond donors (Lipinski definition) is 3. The minimum atomic E-state index is -3.61. The van der Waals surface area contributed by atoms with Gasteiger partial charge in [0.05, 0.1) is 4.90 Å². The highest BCUT2D eigenvalue weighted by Crippen LogP contribution is 2.13. The van der Waals surface area contributed by atoms with E-state index in [0.29, 0.717) is 25.9 Å². The van der Waals surface area contributed by atoms with E-state index in [2.05, 4.69) is 15.4 Å². The van der Waals surface area contributed by atoms with Gasteiger partial charge in [-0.2, -0.15) is 0 Å². The van der Waals surface area contributed by atoms with E-state index in [-0.39, 0.29) is 35.8 Å². The maximum Gasteiger partial charge on any atom is 0.321 e. The maximum atomic E-state index is 12.3. The Morgan fingerprint density at radius 2 is 1.53 bits per heavy atom. The van der Waals surface area contributed by atoms with Crippen molar-refractivity contribution in [2.45, 2.75) is 30.2 Å². The molecule has 1 heterocycles. The van der Waals surface area contributed by atoms with E-state index in [9.17, 15) is 18.0 Å². The Morgan fingerprint density at radius 1 is 0.933 bits per heavy atom. The molecular formula is C21H26N4O4S. The first-order chi connectivity index (χ1) is 14.4. The van der Waals surface area contributed by atoms with Crippen LogP contribution in [0, 0.1) is 0 Å². The molecule has 30 heavy (non-hydrogen) atoms. The van der Waals surface area contributed by atoms with Crippen molar-refractivity contribution in [1.82, 2.24) is 14.9 Å². The van der Waals surface area contributed by atoms with Gasteiger partial charge in [0, 0.05) is 37.8 Å². The van der Waals surface area contributed by atoms with Gasteiger partial charge in [0.25, 0.3) is 0 Å². The van der Waals surface area contributed by atoms with Crippen LogP contribution in [0.15, 0.2) is 65.6 Å².